The van der Waals surface area contributed by atoms with E-state index in [9.17, 15) is 0 Å². The Hall–Kier alpha value is -2.68. The van der Waals surface area contributed by atoms with Crippen molar-refractivity contribution in [2.75, 3.05) is 14.2 Å². The van der Waals surface area contributed by atoms with Crippen LogP contribution in [0.15, 0.2) is 54.6 Å². The van der Waals surface area contributed by atoms with Gasteiger partial charge in [-0.25, -0.2) is 0 Å². The molecule has 3 heteroatoms. The van der Waals surface area contributed by atoms with Gasteiger partial charge in [0, 0.05) is 29.1 Å². The fourth-order valence-electron chi connectivity index (χ4n) is 3.41. The van der Waals surface area contributed by atoms with Crippen LogP contribution in [-0.2, 0) is 13.0 Å². The highest BCUT2D eigenvalue weighted by atomic mass is 16.5. The normalized spacial score (nSPS) is 12.4. The van der Waals surface area contributed by atoms with Gasteiger partial charge in [-0.2, -0.15) is 0 Å². The van der Waals surface area contributed by atoms with Crippen molar-refractivity contribution in [1.82, 2.24) is 4.57 Å². The molecule has 4 rings (SSSR count). The minimum atomic E-state index is 0.756. The van der Waals surface area contributed by atoms with Crippen molar-refractivity contribution in [3.8, 4) is 34.0 Å². The van der Waals surface area contributed by atoms with Crippen molar-refractivity contribution in [2.45, 2.75) is 13.0 Å². The highest BCUT2D eigenvalue weighted by molar-refractivity contribution is 5.74. The van der Waals surface area contributed by atoms with Gasteiger partial charge in [-0.3, -0.25) is 0 Å². The van der Waals surface area contributed by atoms with Crippen LogP contribution < -0.4 is 9.47 Å². The van der Waals surface area contributed by atoms with Gasteiger partial charge < -0.3 is 14.0 Å². The predicted molar refractivity (Wildman–Crippen MR) is 92.1 cm³/mol. The van der Waals surface area contributed by atoms with Crippen LogP contribution in [0.2, 0.25) is 0 Å². The van der Waals surface area contributed by atoms with Crippen LogP contribution >= 0.6 is 0 Å². The van der Waals surface area contributed by atoms with E-state index in [1.165, 1.54) is 22.5 Å². The molecule has 1 aromatic heterocycles. The fraction of sp³-hybridized carbons (Fsp3) is 0.200. The molecule has 0 saturated carbocycles. The number of nitrogens with zero attached hydrogens (tertiary/aromatic N) is 1. The third-order valence-electron chi connectivity index (χ3n) is 4.56. The summed E-state index contributed by atoms with van der Waals surface area (Å²) in [4.78, 5) is 0. The number of aromatic nitrogens is 1. The van der Waals surface area contributed by atoms with Gasteiger partial charge in [0.2, 0.25) is 0 Å². The lowest BCUT2D eigenvalue weighted by molar-refractivity contribution is 0.355. The molecular formula is C20H19NO2. The van der Waals surface area contributed by atoms with Crippen LogP contribution in [0.4, 0.5) is 0 Å². The maximum atomic E-state index is 5.44. The maximum absolute atomic E-state index is 5.44. The zero-order chi connectivity index (χ0) is 15.8. The van der Waals surface area contributed by atoms with Crippen LogP contribution in [0, 0.1) is 0 Å². The van der Waals surface area contributed by atoms with Gasteiger partial charge in [0.05, 0.1) is 14.2 Å². The molecule has 116 valence electrons. The molecule has 0 unspecified atom stereocenters. The number of aryl methyl sites for hydroxylation is 1. The molecule has 0 bridgehead atoms. The smallest absolute Gasteiger partial charge is 0.161 e. The average molecular weight is 305 g/mol. The first kappa shape index (κ1) is 13.9. The summed E-state index contributed by atoms with van der Waals surface area (Å²) >= 11 is 0. The molecule has 0 N–H and O–H groups in total. The van der Waals surface area contributed by atoms with E-state index < -0.39 is 0 Å². The Bertz CT molecular complexity index is 864. The van der Waals surface area contributed by atoms with Crippen molar-refractivity contribution >= 4 is 0 Å². The number of fused-ring (bicyclic) bond motifs is 3. The van der Waals surface area contributed by atoms with E-state index in [-0.39, 0.29) is 0 Å². The zero-order valence-electron chi connectivity index (χ0n) is 13.4. The number of rotatable bonds is 3. The minimum absolute atomic E-state index is 0.756. The summed E-state index contributed by atoms with van der Waals surface area (Å²) in [5.41, 5.74) is 6.42. The molecule has 0 atom stereocenters. The molecule has 23 heavy (non-hydrogen) atoms. The molecule has 1 aliphatic rings. The first-order chi connectivity index (χ1) is 11.3. The van der Waals surface area contributed by atoms with E-state index in [2.05, 4.69) is 47.0 Å². The first-order valence-electron chi connectivity index (χ1n) is 7.82. The molecule has 3 nitrogen and oxygen atoms in total. The van der Waals surface area contributed by atoms with E-state index in [1.807, 2.05) is 12.1 Å². The Morgan fingerprint density at radius 1 is 0.826 bits per heavy atom. The largest absolute Gasteiger partial charge is 0.493 e. The summed E-state index contributed by atoms with van der Waals surface area (Å²) in [5.74, 6) is 1.52. The summed E-state index contributed by atoms with van der Waals surface area (Å²) in [6.07, 6.45) is 1.07. The molecule has 0 saturated heterocycles. The van der Waals surface area contributed by atoms with Crippen molar-refractivity contribution in [1.29, 1.82) is 0 Å². The molecule has 2 aromatic carbocycles. The van der Waals surface area contributed by atoms with Gasteiger partial charge in [-0.15, -0.1) is 0 Å². The lowest BCUT2D eigenvalue weighted by Gasteiger charge is -2.21. The maximum Gasteiger partial charge on any atom is 0.161 e. The highest BCUT2D eigenvalue weighted by Crippen LogP contribution is 2.37. The highest BCUT2D eigenvalue weighted by Gasteiger charge is 2.19. The first-order valence-corrected chi connectivity index (χ1v) is 7.82. The minimum Gasteiger partial charge on any atom is -0.493 e. The second-order valence-electron chi connectivity index (χ2n) is 5.73. The summed E-state index contributed by atoms with van der Waals surface area (Å²) in [6.45, 7) is 1.00. The molecule has 0 amide bonds. The molecule has 0 spiro atoms. The monoisotopic (exact) mass is 305 g/mol. The molecule has 1 aliphatic heterocycles. The van der Waals surface area contributed by atoms with E-state index in [1.54, 1.807) is 14.2 Å². The Labute approximate surface area is 136 Å². The van der Waals surface area contributed by atoms with Crippen molar-refractivity contribution in [2.24, 2.45) is 0 Å². The third kappa shape index (κ3) is 2.20. The molecule has 0 aliphatic carbocycles. The van der Waals surface area contributed by atoms with Gasteiger partial charge in [-0.1, -0.05) is 24.3 Å². The Morgan fingerprint density at radius 3 is 2.43 bits per heavy atom. The fourth-order valence-corrected chi connectivity index (χ4v) is 3.41. The summed E-state index contributed by atoms with van der Waals surface area (Å²) < 4.78 is 13.2. The van der Waals surface area contributed by atoms with Gasteiger partial charge in [0.15, 0.2) is 11.5 Å². The van der Waals surface area contributed by atoms with Crippen molar-refractivity contribution < 1.29 is 9.47 Å². The van der Waals surface area contributed by atoms with Crippen molar-refractivity contribution in [3.63, 3.8) is 0 Å². The molecule has 2 heterocycles. The van der Waals surface area contributed by atoms with Gasteiger partial charge in [0.1, 0.15) is 0 Å². The van der Waals surface area contributed by atoms with E-state index >= 15 is 0 Å². The van der Waals surface area contributed by atoms with Crippen LogP contribution in [0.3, 0.4) is 0 Å². The lowest BCUT2D eigenvalue weighted by Crippen LogP contribution is -2.11. The number of ether oxygens (including phenoxy) is 2. The van der Waals surface area contributed by atoms with E-state index in [0.717, 1.165) is 30.0 Å². The molecule has 0 radical (unpaired) electrons. The van der Waals surface area contributed by atoms with Crippen LogP contribution in [0.1, 0.15) is 5.56 Å². The molecule has 0 fully saturated rings. The van der Waals surface area contributed by atoms with Gasteiger partial charge >= 0.3 is 0 Å². The van der Waals surface area contributed by atoms with E-state index in [4.69, 9.17) is 9.47 Å². The number of benzene rings is 2. The predicted octanol–water partition coefficient (Wildman–Crippen LogP) is 4.40. The Kier molecular flexibility index (Phi) is 3.34. The van der Waals surface area contributed by atoms with E-state index in [0.29, 0.717) is 0 Å². The summed E-state index contributed by atoms with van der Waals surface area (Å²) in [7, 11) is 3.33. The van der Waals surface area contributed by atoms with Crippen LogP contribution in [-0.4, -0.2) is 18.8 Å². The van der Waals surface area contributed by atoms with Gasteiger partial charge in [-0.05, 0) is 42.3 Å². The molecular weight excluding hydrogens is 286 g/mol. The zero-order valence-corrected chi connectivity index (χ0v) is 13.4. The Balaban J connectivity index is 1.83. The summed E-state index contributed by atoms with van der Waals surface area (Å²) in [5, 5.41) is 0. The SMILES string of the molecule is COc1ccc(-c2ccc3n2CCc2ccccc2-3)cc1OC. The van der Waals surface area contributed by atoms with Crippen LogP contribution in [0.5, 0.6) is 11.5 Å². The van der Waals surface area contributed by atoms with Gasteiger partial charge in [0.25, 0.3) is 0 Å². The van der Waals surface area contributed by atoms with Crippen LogP contribution in [0.25, 0.3) is 22.5 Å². The average Bonchev–Trinajstić information content (AvgIpc) is 3.05. The quantitative estimate of drug-likeness (QED) is 0.716. The Morgan fingerprint density at radius 2 is 1.61 bits per heavy atom. The summed E-state index contributed by atoms with van der Waals surface area (Å²) in [6, 6.07) is 19.2. The second-order valence-corrected chi connectivity index (χ2v) is 5.73. The third-order valence-corrected chi connectivity index (χ3v) is 4.56. The number of hydrogen-bond donors (Lipinski definition) is 0. The van der Waals surface area contributed by atoms with Crippen molar-refractivity contribution in [3.05, 3.63) is 60.2 Å². The topological polar surface area (TPSA) is 23.4 Å². The lowest BCUT2D eigenvalue weighted by atomic mass is 9.99. The number of hydrogen-bond acceptors (Lipinski definition) is 2. The standard InChI is InChI=1S/C20H19NO2/c1-22-19-10-7-15(13-20(19)23-2)17-8-9-18-16-6-4-3-5-14(16)11-12-21(17)18/h3-10,13H,11-12H2,1-2H3. The molecule has 3 aromatic rings. The second kappa shape index (κ2) is 5.51. The number of methoxy groups -OCH3 is 2.